The molecule has 0 spiro atoms. The van der Waals surface area contributed by atoms with Crippen molar-refractivity contribution >= 4 is 17.6 Å². The van der Waals surface area contributed by atoms with Crippen LogP contribution in [-0.4, -0.2) is 21.0 Å². The minimum atomic E-state index is -1.06. The number of carbonyl (C=O) groups is 1. The lowest BCUT2D eigenvalue weighted by molar-refractivity contribution is 0.0696. The molecule has 17 heavy (non-hydrogen) atoms. The summed E-state index contributed by atoms with van der Waals surface area (Å²) in [6, 6.07) is 4.57. The van der Waals surface area contributed by atoms with Crippen LogP contribution < -0.4 is 4.74 Å². The lowest BCUT2D eigenvalue weighted by atomic mass is 10.3. The Kier molecular flexibility index (Phi) is 3.20. The van der Waals surface area contributed by atoms with Crippen LogP contribution in [0.5, 0.6) is 11.6 Å². The fourth-order valence-electron chi connectivity index (χ4n) is 1.13. The number of rotatable bonds is 3. The Labute approximate surface area is 102 Å². The maximum atomic E-state index is 10.7. The Hall–Kier alpha value is -2.14. The number of ether oxygens (including phenoxy) is 1. The molecule has 0 saturated heterocycles. The summed E-state index contributed by atoms with van der Waals surface area (Å²) in [6.45, 7) is 0. The second-order valence-corrected chi connectivity index (χ2v) is 3.57. The number of hydrogen-bond donors (Lipinski definition) is 1. The average molecular weight is 251 g/mol. The van der Waals surface area contributed by atoms with Crippen molar-refractivity contribution in [3.05, 3.63) is 47.4 Å². The highest BCUT2D eigenvalue weighted by Crippen LogP contribution is 2.20. The first kappa shape index (κ1) is 11.3. The summed E-state index contributed by atoms with van der Waals surface area (Å²) in [4.78, 5) is 18.4. The molecule has 0 radical (unpaired) electrons. The number of pyridine rings is 2. The normalized spacial score (nSPS) is 9.94. The SMILES string of the molecule is O=C(O)c1cncc(Oc2ccc(Cl)cn2)c1. The van der Waals surface area contributed by atoms with Crippen LogP contribution in [-0.2, 0) is 0 Å². The average Bonchev–Trinajstić information content (AvgIpc) is 2.32. The molecule has 2 aromatic heterocycles. The molecule has 2 aromatic rings. The molecule has 0 fully saturated rings. The highest BCUT2D eigenvalue weighted by Gasteiger charge is 2.06. The third-order valence-corrected chi connectivity index (χ3v) is 2.11. The second-order valence-electron chi connectivity index (χ2n) is 3.13. The van der Waals surface area contributed by atoms with E-state index in [1.807, 2.05) is 0 Å². The molecule has 6 heteroatoms. The van der Waals surface area contributed by atoms with Crippen molar-refractivity contribution in [3.8, 4) is 11.6 Å². The molecule has 2 heterocycles. The highest BCUT2D eigenvalue weighted by atomic mass is 35.5. The molecular weight excluding hydrogens is 244 g/mol. The minimum Gasteiger partial charge on any atom is -0.478 e. The molecular formula is C11H7ClN2O3. The first-order valence-corrected chi connectivity index (χ1v) is 5.01. The van der Waals surface area contributed by atoms with E-state index in [1.165, 1.54) is 24.7 Å². The number of aromatic carboxylic acids is 1. The summed E-state index contributed by atoms with van der Waals surface area (Å²) in [6.07, 6.45) is 4.08. The van der Waals surface area contributed by atoms with E-state index in [9.17, 15) is 4.79 Å². The van der Waals surface area contributed by atoms with Gasteiger partial charge in [-0.3, -0.25) is 4.98 Å². The molecule has 0 amide bonds. The molecule has 5 nitrogen and oxygen atoms in total. The Morgan fingerprint density at radius 1 is 1.29 bits per heavy atom. The molecule has 0 atom stereocenters. The summed E-state index contributed by atoms with van der Waals surface area (Å²) in [5, 5.41) is 9.28. The predicted molar refractivity (Wildman–Crippen MR) is 60.5 cm³/mol. The summed E-state index contributed by atoms with van der Waals surface area (Å²) in [5.74, 6) is -0.439. The molecule has 0 aliphatic carbocycles. The van der Waals surface area contributed by atoms with Gasteiger partial charge in [0.25, 0.3) is 0 Å². The number of aromatic nitrogens is 2. The van der Waals surface area contributed by atoms with Crippen molar-refractivity contribution in [2.45, 2.75) is 0 Å². The van der Waals surface area contributed by atoms with Crippen LogP contribution in [0.2, 0.25) is 5.02 Å². The molecule has 0 aliphatic heterocycles. The van der Waals surface area contributed by atoms with Gasteiger partial charge in [0.05, 0.1) is 16.8 Å². The van der Waals surface area contributed by atoms with E-state index in [-0.39, 0.29) is 5.56 Å². The molecule has 0 saturated carbocycles. The fraction of sp³-hybridized carbons (Fsp3) is 0. The number of hydrogen-bond acceptors (Lipinski definition) is 4. The van der Waals surface area contributed by atoms with Crippen molar-refractivity contribution in [3.63, 3.8) is 0 Å². The van der Waals surface area contributed by atoms with Gasteiger partial charge in [-0.1, -0.05) is 11.6 Å². The smallest absolute Gasteiger partial charge is 0.337 e. The Morgan fingerprint density at radius 3 is 2.76 bits per heavy atom. The monoisotopic (exact) mass is 250 g/mol. The summed E-state index contributed by atoms with van der Waals surface area (Å²) < 4.78 is 5.33. The quantitative estimate of drug-likeness (QED) is 0.907. The highest BCUT2D eigenvalue weighted by molar-refractivity contribution is 6.30. The maximum absolute atomic E-state index is 10.7. The first-order valence-electron chi connectivity index (χ1n) is 4.63. The summed E-state index contributed by atoms with van der Waals surface area (Å²) >= 11 is 5.67. The topological polar surface area (TPSA) is 72.3 Å². The van der Waals surface area contributed by atoms with Gasteiger partial charge in [0.1, 0.15) is 5.75 Å². The van der Waals surface area contributed by atoms with Crippen LogP contribution in [0.4, 0.5) is 0 Å². The zero-order chi connectivity index (χ0) is 12.3. The molecule has 0 unspecified atom stereocenters. The molecule has 0 bridgehead atoms. The van der Waals surface area contributed by atoms with Gasteiger partial charge in [-0.25, -0.2) is 9.78 Å². The van der Waals surface area contributed by atoms with Gasteiger partial charge >= 0.3 is 5.97 Å². The molecule has 86 valence electrons. The summed E-state index contributed by atoms with van der Waals surface area (Å²) in [5.41, 5.74) is 0.0523. The minimum absolute atomic E-state index is 0.0523. The van der Waals surface area contributed by atoms with E-state index in [0.29, 0.717) is 16.7 Å². The van der Waals surface area contributed by atoms with Crippen LogP contribution in [0.1, 0.15) is 10.4 Å². The summed E-state index contributed by atoms with van der Waals surface area (Å²) in [7, 11) is 0. The lowest BCUT2D eigenvalue weighted by Crippen LogP contribution is -1.97. The standard InChI is InChI=1S/C11H7ClN2O3/c12-8-1-2-10(14-5-8)17-9-3-7(11(15)16)4-13-6-9/h1-6H,(H,15,16). The van der Waals surface area contributed by atoms with Gasteiger partial charge in [0, 0.05) is 18.5 Å². The molecule has 1 N–H and O–H groups in total. The third kappa shape index (κ3) is 2.92. The Morgan fingerprint density at radius 2 is 2.12 bits per heavy atom. The van der Waals surface area contributed by atoms with Crippen LogP contribution in [0.3, 0.4) is 0 Å². The lowest BCUT2D eigenvalue weighted by Gasteiger charge is -2.04. The fourth-order valence-corrected chi connectivity index (χ4v) is 1.25. The van der Waals surface area contributed by atoms with Gasteiger partial charge in [0.15, 0.2) is 0 Å². The zero-order valence-corrected chi connectivity index (χ0v) is 9.26. The number of nitrogens with zero attached hydrogens (tertiary/aromatic N) is 2. The van der Waals surface area contributed by atoms with Crippen LogP contribution in [0.15, 0.2) is 36.8 Å². The van der Waals surface area contributed by atoms with Crippen LogP contribution in [0.25, 0.3) is 0 Å². The second kappa shape index (κ2) is 4.80. The Bertz CT molecular complexity index is 543. The Balaban J connectivity index is 2.21. The third-order valence-electron chi connectivity index (χ3n) is 1.88. The van der Waals surface area contributed by atoms with E-state index < -0.39 is 5.97 Å². The van der Waals surface area contributed by atoms with Crippen molar-refractivity contribution in [1.82, 2.24) is 9.97 Å². The molecule has 2 rings (SSSR count). The number of halogens is 1. The first-order chi connectivity index (χ1) is 8.15. The molecule has 0 aromatic carbocycles. The van der Waals surface area contributed by atoms with Gasteiger partial charge in [-0.15, -0.1) is 0 Å². The number of carboxylic acids is 1. The van der Waals surface area contributed by atoms with Crippen molar-refractivity contribution in [2.24, 2.45) is 0 Å². The predicted octanol–water partition coefficient (Wildman–Crippen LogP) is 2.62. The van der Waals surface area contributed by atoms with E-state index >= 15 is 0 Å². The van der Waals surface area contributed by atoms with Crippen molar-refractivity contribution in [2.75, 3.05) is 0 Å². The molecule has 0 aliphatic rings. The van der Waals surface area contributed by atoms with Gasteiger partial charge in [0.2, 0.25) is 5.88 Å². The van der Waals surface area contributed by atoms with Crippen molar-refractivity contribution in [1.29, 1.82) is 0 Å². The van der Waals surface area contributed by atoms with Crippen molar-refractivity contribution < 1.29 is 14.6 Å². The zero-order valence-electron chi connectivity index (χ0n) is 8.50. The van der Waals surface area contributed by atoms with Crippen LogP contribution >= 0.6 is 11.6 Å². The van der Waals surface area contributed by atoms with E-state index in [4.69, 9.17) is 21.4 Å². The largest absolute Gasteiger partial charge is 0.478 e. The van der Waals surface area contributed by atoms with Gasteiger partial charge in [-0.2, -0.15) is 0 Å². The van der Waals surface area contributed by atoms with Crippen LogP contribution in [0, 0.1) is 0 Å². The van der Waals surface area contributed by atoms with E-state index in [0.717, 1.165) is 0 Å². The maximum Gasteiger partial charge on any atom is 0.337 e. The number of carboxylic acid groups (broad SMARTS) is 1. The van der Waals surface area contributed by atoms with E-state index in [2.05, 4.69) is 9.97 Å². The van der Waals surface area contributed by atoms with E-state index in [1.54, 1.807) is 12.1 Å². The van der Waals surface area contributed by atoms with Gasteiger partial charge in [-0.05, 0) is 12.1 Å². The van der Waals surface area contributed by atoms with Gasteiger partial charge < -0.3 is 9.84 Å².